The summed E-state index contributed by atoms with van der Waals surface area (Å²) >= 11 is 0. The number of rotatable bonds is 6. The first-order valence-corrected chi connectivity index (χ1v) is 8.62. The van der Waals surface area contributed by atoms with Crippen molar-refractivity contribution in [3.63, 3.8) is 0 Å². The summed E-state index contributed by atoms with van der Waals surface area (Å²) in [6.45, 7) is 5.24. The van der Waals surface area contributed by atoms with Gasteiger partial charge in [0.15, 0.2) is 17.0 Å². The number of hydrogen-bond acceptors (Lipinski definition) is 6. The predicted octanol–water partition coefficient (Wildman–Crippen LogP) is 2.19. The van der Waals surface area contributed by atoms with Gasteiger partial charge in [0, 0.05) is 5.56 Å². The van der Waals surface area contributed by atoms with Gasteiger partial charge in [-0.25, -0.2) is 4.79 Å². The maximum Gasteiger partial charge on any atom is 0.344 e. The number of methoxy groups -OCH3 is 1. The Morgan fingerprint density at radius 1 is 1.25 bits per heavy atom. The molecule has 1 saturated heterocycles. The monoisotopic (exact) mass is 387 g/mol. The summed E-state index contributed by atoms with van der Waals surface area (Å²) in [4.78, 5) is 37.6. The zero-order valence-corrected chi connectivity index (χ0v) is 15.9. The average molecular weight is 387 g/mol. The highest BCUT2D eigenvalue weighted by Crippen LogP contribution is 2.30. The van der Waals surface area contributed by atoms with Crippen LogP contribution in [-0.4, -0.2) is 36.1 Å². The summed E-state index contributed by atoms with van der Waals surface area (Å²) in [6.07, 6.45) is 1.33. The molecule has 1 fully saturated rings. The van der Waals surface area contributed by atoms with Crippen molar-refractivity contribution in [2.45, 2.75) is 32.4 Å². The molecule has 148 valence electrons. The van der Waals surface area contributed by atoms with E-state index in [-0.39, 0.29) is 17.4 Å². The minimum Gasteiger partial charge on any atom is -0.493 e. The molecule has 1 aromatic carbocycles. The Hall–Kier alpha value is -3.49. The van der Waals surface area contributed by atoms with Gasteiger partial charge in [-0.1, -0.05) is 0 Å². The van der Waals surface area contributed by atoms with Gasteiger partial charge in [-0.15, -0.1) is 0 Å². The number of nitrogens with zero attached hydrogens (tertiary/aromatic N) is 1. The van der Waals surface area contributed by atoms with Crippen LogP contribution in [0.3, 0.4) is 0 Å². The van der Waals surface area contributed by atoms with Gasteiger partial charge in [0.25, 0.3) is 11.8 Å². The number of ether oxygens (including phenoxy) is 2. The van der Waals surface area contributed by atoms with Crippen molar-refractivity contribution >= 4 is 17.8 Å². The third-order valence-corrected chi connectivity index (χ3v) is 4.21. The molecule has 2 N–H and O–H groups in total. The fourth-order valence-corrected chi connectivity index (χ4v) is 2.80. The number of carbonyl (C=O) groups is 3. The smallest absolute Gasteiger partial charge is 0.344 e. The van der Waals surface area contributed by atoms with Crippen molar-refractivity contribution in [1.29, 1.82) is 0 Å². The van der Waals surface area contributed by atoms with Crippen molar-refractivity contribution in [2.75, 3.05) is 7.11 Å². The van der Waals surface area contributed by atoms with E-state index >= 15 is 0 Å². The molecule has 1 unspecified atom stereocenters. The van der Waals surface area contributed by atoms with Crippen LogP contribution < -0.4 is 20.2 Å². The first-order chi connectivity index (χ1) is 13.3. The summed E-state index contributed by atoms with van der Waals surface area (Å²) in [5.41, 5.74) is 1.11. The van der Waals surface area contributed by atoms with Gasteiger partial charge in [-0.3, -0.25) is 15.0 Å². The maximum absolute atomic E-state index is 12.7. The van der Waals surface area contributed by atoms with Crippen LogP contribution >= 0.6 is 0 Å². The van der Waals surface area contributed by atoms with E-state index in [0.29, 0.717) is 16.5 Å². The van der Waals surface area contributed by atoms with Crippen molar-refractivity contribution in [1.82, 2.24) is 15.8 Å². The molecule has 2 heterocycles. The summed E-state index contributed by atoms with van der Waals surface area (Å²) in [5, 5.41) is 3.16. The molecule has 0 aliphatic carbocycles. The molecule has 9 nitrogen and oxygen atoms in total. The van der Waals surface area contributed by atoms with Gasteiger partial charge < -0.3 is 19.2 Å². The van der Waals surface area contributed by atoms with Crippen LogP contribution in [0.2, 0.25) is 0 Å². The Kier molecular flexibility index (Phi) is 5.00. The number of imide groups is 1. The van der Waals surface area contributed by atoms with Gasteiger partial charge in [0.2, 0.25) is 0 Å². The highest BCUT2D eigenvalue weighted by molar-refractivity contribution is 6.09. The summed E-state index contributed by atoms with van der Waals surface area (Å²) in [7, 11) is 1.45. The summed E-state index contributed by atoms with van der Waals surface area (Å²) < 4.78 is 16.1. The molecule has 1 atom stereocenters. The largest absolute Gasteiger partial charge is 0.493 e. The molecule has 2 aromatic rings. The van der Waals surface area contributed by atoms with Crippen molar-refractivity contribution in [3.8, 4) is 11.5 Å². The summed E-state index contributed by atoms with van der Waals surface area (Å²) in [5.74, 6) is -0.206. The fraction of sp³-hybridized carbons (Fsp3) is 0.316. The van der Waals surface area contributed by atoms with Crippen molar-refractivity contribution < 1.29 is 28.3 Å². The average Bonchev–Trinajstić information content (AvgIpc) is 3.26. The Morgan fingerprint density at radius 3 is 2.61 bits per heavy atom. The fourth-order valence-electron chi connectivity index (χ4n) is 2.80. The number of amides is 4. The summed E-state index contributed by atoms with van der Waals surface area (Å²) in [6, 6.07) is 6.99. The van der Waals surface area contributed by atoms with Gasteiger partial charge >= 0.3 is 6.03 Å². The lowest BCUT2D eigenvalue weighted by atomic mass is 10.00. The number of furan rings is 1. The second-order valence-corrected chi connectivity index (χ2v) is 6.65. The van der Waals surface area contributed by atoms with Crippen LogP contribution in [-0.2, 0) is 10.3 Å². The quantitative estimate of drug-likeness (QED) is 0.735. The van der Waals surface area contributed by atoms with Crippen LogP contribution in [0, 0.1) is 0 Å². The third-order valence-electron chi connectivity index (χ3n) is 4.21. The Morgan fingerprint density at radius 2 is 2.00 bits per heavy atom. The zero-order valence-electron chi connectivity index (χ0n) is 15.9. The number of nitrogens with one attached hydrogen (secondary N) is 2. The standard InChI is InChI=1S/C19H21N3O6/c1-11(2)28-13-8-7-12(10-14(13)26-4)16(23)21-22-17(24)19(3,20-18(22)25)15-6-5-9-27-15/h5-11H,1-4H3,(H,20,25)(H,21,23). The van der Waals surface area contributed by atoms with E-state index in [2.05, 4.69) is 10.7 Å². The molecule has 4 amide bonds. The van der Waals surface area contributed by atoms with Crippen molar-refractivity contribution in [2.24, 2.45) is 0 Å². The van der Waals surface area contributed by atoms with Crippen LogP contribution in [0.1, 0.15) is 36.9 Å². The van der Waals surface area contributed by atoms with Gasteiger partial charge in [-0.2, -0.15) is 5.01 Å². The normalized spacial score (nSPS) is 19.0. The second-order valence-electron chi connectivity index (χ2n) is 6.65. The second kappa shape index (κ2) is 7.26. The first-order valence-electron chi connectivity index (χ1n) is 8.62. The van der Waals surface area contributed by atoms with Crippen LogP contribution in [0.25, 0.3) is 0 Å². The number of urea groups is 1. The molecule has 1 aliphatic rings. The Bertz CT molecular complexity index is 908. The lowest BCUT2D eigenvalue weighted by molar-refractivity contribution is -0.133. The topological polar surface area (TPSA) is 110 Å². The molecule has 0 saturated carbocycles. The predicted molar refractivity (Wildman–Crippen MR) is 97.7 cm³/mol. The van der Waals surface area contributed by atoms with Crippen LogP contribution in [0.4, 0.5) is 4.79 Å². The lowest BCUT2D eigenvalue weighted by Gasteiger charge is -2.19. The van der Waals surface area contributed by atoms with E-state index in [0.717, 1.165) is 0 Å². The minimum absolute atomic E-state index is 0.0706. The molecule has 3 rings (SSSR count). The number of benzene rings is 1. The molecule has 1 aliphatic heterocycles. The van der Waals surface area contributed by atoms with E-state index < -0.39 is 23.4 Å². The maximum atomic E-state index is 12.7. The zero-order chi connectivity index (χ0) is 20.5. The molecule has 0 radical (unpaired) electrons. The Labute approximate surface area is 161 Å². The SMILES string of the molecule is COc1cc(C(=O)NN2C(=O)NC(C)(c3ccco3)C2=O)ccc1OC(C)C. The Balaban J connectivity index is 1.79. The van der Waals surface area contributed by atoms with Crippen LogP contribution in [0.15, 0.2) is 41.0 Å². The van der Waals surface area contributed by atoms with E-state index in [1.165, 1.54) is 32.4 Å². The van der Waals surface area contributed by atoms with E-state index in [4.69, 9.17) is 13.9 Å². The van der Waals surface area contributed by atoms with E-state index in [9.17, 15) is 14.4 Å². The van der Waals surface area contributed by atoms with Crippen molar-refractivity contribution in [3.05, 3.63) is 47.9 Å². The van der Waals surface area contributed by atoms with Gasteiger partial charge in [-0.05, 0) is 51.1 Å². The molecule has 0 spiro atoms. The number of carbonyl (C=O) groups excluding carboxylic acids is 3. The third kappa shape index (κ3) is 3.38. The minimum atomic E-state index is -1.40. The molecule has 9 heteroatoms. The number of hydrogen-bond donors (Lipinski definition) is 2. The molecule has 0 bridgehead atoms. The van der Waals surface area contributed by atoms with E-state index in [1.54, 1.807) is 18.2 Å². The molecule has 28 heavy (non-hydrogen) atoms. The highest BCUT2D eigenvalue weighted by atomic mass is 16.5. The molecule has 1 aromatic heterocycles. The van der Waals surface area contributed by atoms with Gasteiger partial charge in [0.1, 0.15) is 5.76 Å². The lowest BCUT2D eigenvalue weighted by Crippen LogP contribution is -2.47. The number of hydrazine groups is 1. The molecular weight excluding hydrogens is 366 g/mol. The van der Waals surface area contributed by atoms with Gasteiger partial charge in [0.05, 0.1) is 19.5 Å². The first kappa shape index (κ1) is 19.3. The van der Waals surface area contributed by atoms with Crippen LogP contribution in [0.5, 0.6) is 11.5 Å². The van der Waals surface area contributed by atoms with E-state index in [1.807, 2.05) is 13.8 Å². The molecular formula is C19H21N3O6. The highest BCUT2D eigenvalue weighted by Gasteiger charge is 2.52.